The smallest absolute Gasteiger partial charge is 0.275 e. The largest absolute Gasteiger partial charge is 0.387 e. The van der Waals surface area contributed by atoms with E-state index in [0.29, 0.717) is 22.0 Å². The van der Waals surface area contributed by atoms with Crippen LogP contribution in [-0.2, 0) is 0 Å². The van der Waals surface area contributed by atoms with E-state index in [9.17, 15) is 24.8 Å². The second-order valence-electron chi connectivity index (χ2n) is 6.44. The first-order chi connectivity index (χ1) is 14.3. The molecule has 0 fully saturated rings. The number of carbonyl (C=O) groups is 1. The van der Waals surface area contributed by atoms with Gasteiger partial charge in [0.1, 0.15) is 0 Å². The molecule has 154 valence electrons. The third-order valence-electron chi connectivity index (χ3n) is 4.35. The van der Waals surface area contributed by atoms with E-state index >= 15 is 0 Å². The van der Waals surface area contributed by atoms with Crippen molar-refractivity contribution in [2.24, 2.45) is 0 Å². The molecular weight excluding hydrogens is 412 g/mol. The summed E-state index contributed by atoms with van der Waals surface area (Å²) in [6.45, 7) is 1.45. The number of amides is 1. The molecule has 3 aromatic rings. The topological polar surface area (TPSA) is 127 Å². The Morgan fingerprint density at radius 1 is 1.27 bits per heavy atom. The van der Waals surface area contributed by atoms with Gasteiger partial charge in [0.25, 0.3) is 11.6 Å². The molecule has 2 N–H and O–H groups in total. The number of halogens is 1. The summed E-state index contributed by atoms with van der Waals surface area (Å²) in [5, 5.41) is 27.9. The van der Waals surface area contributed by atoms with Crippen molar-refractivity contribution in [2.75, 3.05) is 6.54 Å². The molecule has 1 amide bonds. The number of aromatic nitrogens is 2. The predicted molar refractivity (Wildman–Crippen MR) is 110 cm³/mol. The summed E-state index contributed by atoms with van der Waals surface area (Å²) in [7, 11) is 0. The quantitative estimate of drug-likeness (QED) is 0.458. The fraction of sp³-hybridized carbons (Fsp3) is 0.150. The molecule has 3 rings (SSSR count). The van der Waals surface area contributed by atoms with Gasteiger partial charge in [0.05, 0.1) is 21.7 Å². The van der Waals surface area contributed by atoms with E-state index in [1.807, 2.05) is 0 Å². The highest BCUT2D eigenvalue weighted by Gasteiger charge is 2.18. The number of non-ortho nitro benzene ring substituents is 1. The Kier molecular flexibility index (Phi) is 6.24. The van der Waals surface area contributed by atoms with E-state index < -0.39 is 22.4 Å². The molecular formula is C20H17ClN4O5. The Morgan fingerprint density at radius 3 is 2.57 bits per heavy atom. The predicted octanol–water partition coefficient (Wildman–Crippen LogP) is 2.57. The van der Waals surface area contributed by atoms with Crippen LogP contribution < -0.4 is 10.7 Å². The van der Waals surface area contributed by atoms with Gasteiger partial charge >= 0.3 is 0 Å². The third kappa shape index (κ3) is 4.53. The van der Waals surface area contributed by atoms with Gasteiger partial charge in [0.2, 0.25) is 5.43 Å². The average Bonchev–Trinajstić information content (AvgIpc) is 2.72. The van der Waals surface area contributed by atoms with Crippen molar-refractivity contribution < 1.29 is 14.8 Å². The van der Waals surface area contributed by atoms with Gasteiger partial charge in [-0.25, -0.2) is 4.68 Å². The normalized spacial score (nSPS) is 11.7. The van der Waals surface area contributed by atoms with Crippen LogP contribution in [0.5, 0.6) is 0 Å². The average molecular weight is 429 g/mol. The van der Waals surface area contributed by atoms with Crippen molar-refractivity contribution in [3.8, 4) is 5.69 Å². The number of para-hydroxylation sites is 1. The first-order valence-electron chi connectivity index (χ1n) is 8.84. The van der Waals surface area contributed by atoms with E-state index in [4.69, 9.17) is 11.6 Å². The number of aliphatic hydroxyl groups is 1. The molecule has 0 saturated heterocycles. The fourth-order valence-corrected chi connectivity index (χ4v) is 3.00. The molecule has 0 saturated carbocycles. The molecule has 0 aliphatic carbocycles. The van der Waals surface area contributed by atoms with Crippen molar-refractivity contribution in [3.63, 3.8) is 0 Å². The van der Waals surface area contributed by atoms with E-state index in [-0.39, 0.29) is 17.9 Å². The lowest BCUT2D eigenvalue weighted by Crippen LogP contribution is -2.34. The standard InChI is InChI=1S/C20H17ClN4O5/c1-12-10-17(26)19(23-24(12)16-5-3-2-4-15(16)21)20(28)22-11-18(27)13-6-8-14(9-7-13)25(29)30/h2-10,18,27H,11H2,1H3,(H,22,28). The number of aryl methyl sites for hydroxylation is 1. The van der Waals surface area contributed by atoms with Gasteiger partial charge in [0, 0.05) is 30.4 Å². The van der Waals surface area contributed by atoms with Crippen molar-refractivity contribution in [1.29, 1.82) is 0 Å². The summed E-state index contributed by atoms with van der Waals surface area (Å²) in [5.74, 6) is -0.762. The number of hydrogen-bond donors (Lipinski definition) is 2. The van der Waals surface area contributed by atoms with Crippen molar-refractivity contribution >= 4 is 23.2 Å². The van der Waals surface area contributed by atoms with Crippen LogP contribution in [0.25, 0.3) is 5.69 Å². The SMILES string of the molecule is Cc1cc(=O)c(C(=O)NCC(O)c2ccc([N+](=O)[O-])cc2)nn1-c1ccccc1Cl. The number of aliphatic hydroxyl groups excluding tert-OH is 1. The summed E-state index contributed by atoms with van der Waals surface area (Å²) >= 11 is 6.19. The maximum Gasteiger partial charge on any atom is 0.275 e. The Hall–Kier alpha value is -3.56. The monoisotopic (exact) mass is 428 g/mol. The van der Waals surface area contributed by atoms with Crippen LogP contribution in [0.2, 0.25) is 5.02 Å². The number of nitro benzene ring substituents is 1. The maximum absolute atomic E-state index is 12.5. The van der Waals surface area contributed by atoms with Crippen molar-refractivity contribution in [2.45, 2.75) is 13.0 Å². The molecule has 0 spiro atoms. The first-order valence-corrected chi connectivity index (χ1v) is 9.22. The van der Waals surface area contributed by atoms with E-state index in [1.54, 1.807) is 31.2 Å². The number of nitro groups is 1. The van der Waals surface area contributed by atoms with Gasteiger partial charge < -0.3 is 10.4 Å². The molecule has 0 radical (unpaired) electrons. The number of hydrogen-bond acceptors (Lipinski definition) is 6. The van der Waals surface area contributed by atoms with Gasteiger partial charge in [-0.2, -0.15) is 5.10 Å². The molecule has 1 heterocycles. The number of benzene rings is 2. The van der Waals surface area contributed by atoms with Crippen LogP contribution in [0.15, 0.2) is 59.4 Å². The van der Waals surface area contributed by atoms with Gasteiger partial charge in [-0.15, -0.1) is 0 Å². The summed E-state index contributed by atoms with van der Waals surface area (Å²) in [6, 6.07) is 13.4. The highest BCUT2D eigenvalue weighted by Crippen LogP contribution is 2.20. The van der Waals surface area contributed by atoms with Gasteiger partial charge in [-0.3, -0.25) is 19.7 Å². The zero-order chi connectivity index (χ0) is 21.8. The number of nitrogens with zero attached hydrogens (tertiary/aromatic N) is 3. The second kappa shape index (κ2) is 8.85. The second-order valence-corrected chi connectivity index (χ2v) is 6.84. The highest BCUT2D eigenvalue weighted by atomic mass is 35.5. The zero-order valence-electron chi connectivity index (χ0n) is 15.8. The summed E-state index contributed by atoms with van der Waals surface area (Å²) < 4.78 is 1.39. The third-order valence-corrected chi connectivity index (χ3v) is 4.67. The van der Waals surface area contributed by atoms with Crippen LogP contribution in [0, 0.1) is 17.0 Å². The van der Waals surface area contributed by atoms with Crippen LogP contribution in [0.3, 0.4) is 0 Å². The molecule has 0 aliphatic heterocycles. The van der Waals surface area contributed by atoms with Gasteiger partial charge in [-0.05, 0) is 36.8 Å². The minimum absolute atomic E-state index is 0.112. The van der Waals surface area contributed by atoms with Crippen molar-refractivity contribution in [3.05, 3.63) is 96.9 Å². The van der Waals surface area contributed by atoms with Crippen LogP contribution in [0.4, 0.5) is 5.69 Å². The molecule has 9 nitrogen and oxygen atoms in total. The number of carbonyl (C=O) groups excluding carboxylic acids is 1. The Balaban J connectivity index is 1.78. The molecule has 30 heavy (non-hydrogen) atoms. The van der Waals surface area contributed by atoms with Crippen LogP contribution in [0.1, 0.15) is 27.8 Å². The minimum Gasteiger partial charge on any atom is -0.387 e. The summed E-state index contributed by atoms with van der Waals surface area (Å²) in [5.41, 5.74) is 0.354. The fourth-order valence-electron chi connectivity index (χ4n) is 2.78. The van der Waals surface area contributed by atoms with E-state index in [2.05, 4.69) is 10.4 Å². The molecule has 2 aromatic carbocycles. The lowest BCUT2D eigenvalue weighted by molar-refractivity contribution is -0.384. The zero-order valence-corrected chi connectivity index (χ0v) is 16.5. The minimum atomic E-state index is -1.12. The molecule has 1 unspecified atom stereocenters. The summed E-state index contributed by atoms with van der Waals surface area (Å²) in [6.07, 6.45) is -1.12. The Labute approximate surface area is 175 Å². The molecule has 10 heteroatoms. The number of rotatable bonds is 6. The maximum atomic E-state index is 12.5. The molecule has 1 atom stereocenters. The lowest BCUT2D eigenvalue weighted by Gasteiger charge is -2.14. The highest BCUT2D eigenvalue weighted by molar-refractivity contribution is 6.32. The Morgan fingerprint density at radius 2 is 1.93 bits per heavy atom. The van der Waals surface area contributed by atoms with Gasteiger partial charge in [0.15, 0.2) is 5.69 Å². The molecule has 0 aliphatic rings. The van der Waals surface area contributed by atoms with E-state index in [1.165, 1.54) is 35.0 Å². The first kappa shape index (κ1) is 21.2. The van der Waals surface area contributed by atoms with Crippen molar-refractivity contribution in [1.82, 2.24) is 15.1 Å². The summed E-state index contributed by atoms with van der Waals surface area (Å²) in [4.78, 5) is 34.9. The van der Waals surface area contributed by atoms with E-state index in [0.717, 1.165) is 0 Å². The molecule has 0 bridgehead atoms. The molecule has 1 aromatic heterocycles. The van der Waals surface area contributed by atoms with Crippen LogP contribution >= 0.6 is 11.6 Å². The number of nitrogens with one attached hydrogen (secondary N) is 1. The Bertz CT molecular complexity index is 1160. The van der Waals surface area contributed by atoms with Gasteiger partial charge in [-0.1, -0.05) is 23.7 Å². The lowest BCUT2D eigenvalue weighted by atomic mass is 10.1. The van der Waals surface area contributed by atoms with Crippen LogP contribution in [-0.4, -0.2) is 32.3 Å².